The monoisotopic (exact) mass is 190 g/mol. The lowest BCUT2D eigenvalue weighted by molar-refractivity contribution is -0.140. The molecule has 4 N–H and O–H groups in total. The van der Waals surface area contributed by atoms with Gasteiger partial charge >= 0.3 is 12.0 Å². The zero-order valence-electron chi connectivity index (χ0n) is 7.57. The van der Waals surface area contributed by atoms with E-state index in [-0.39, 0.29) is 6.04 Å². The Morgan fingerprint density at radius 2 is 1.85 bits per heavy atom. The molecule has 0 aliphatic heterocycles. The zero-order valence-corrected chi connectivity index (χ0v) is 7.57. The van der Waals surface area contributed by atoms with Crippen LogP contribution in [-0.2, 0) is 4.79 Å². The van der Waals surface area contributed by atoms with E-state index in [1.807, 2.05) is 0 Å². The Labute approximate surface area is 75.9 Å². The number of urea groups is 1. The molecular weight excluding hydrogens is 176 g/mol. The molecule has 0 fully saturated rings. The summed E-state index contributed by atoms with van der Waals surface area (Å²) in [4.78, 5) is 21.3. The van der Waals surface area contributed by atoms with Crippen molar-refractivity contribution in [1.29, 1.82) is 0 Å². The summed E-state index contributed by atoms with van der Waals surface area (Å²) in [5.41, 5.74) is 0. The van der Waals surface area contributed by atoms with E-state index in [1.54, 1.807) is 13.8 Å². The van der Waals surface area contributed by atoms with Gasteiger partial charge in [0, 0.05) is 6.04 Å². The largest absolute Gasteiger partial charge is 0.480 e. The molecule has 1 unspecified atom stereocenters. The average Bonchev–Trinajstić information content (AvgIpc) is 1.98. The zero-order chi connectivity index (χ0) is 10.4. The second-order valence-electron chi connectivity index (χ2n) is 2.85. The van der Waals surface area contributed by atoms with Gasteiger partial charge in [0.2, 0.25) is 0 Å². The highest BCUT2D eigenvalue weighted by molar-refractivity contribution is 5.82. The minimum absolute atomic E-state index is 0.0758. The molecule has 1 atom stereocenters. The molecule has 0 rings (SSSR count). The molecule has 0 aromatic rings. The summed E-state index contributed by atoms with van der Waals surface area (Å²) in [5, 5.41) is 21.5. The van der Waals surface area contributed by atoms with Gasteiger partial charge in [-0.05, 0) is 13.8 Å². The molecule has 0 saturated heterocycles. The number of carboxylic acid groups (broad SMARTS) is 1. The quantitative estimate of drug-likeness (QED) is 0.463. The summed E-state index contributed by atoms with van der Waals surface area (Å²) in [6, 6.07) is -1.93. The lowest BCUT2D eigenvalue weighted by Gasteiger charge is -2.14. The number of aliphatic hydroxyl groups is 1. The van der Waals surface area contributed by atoms with Crippen LogP contribution in [0.4, 0.5) is 4.79 Å². The van der Waals surface area contributed by atoms with E-state index in [2.05, 4.69) is 10.6 Å². The van der Waals surface area contributed by atoms with Gasteiger partial charge in [0.15, 0.2) is 6.04 Å². The maximum absolute atomic E-state index is 10.9. The SMILES string of the molecule is CC(C)NC(=O)NC(CO)C(=O)O. The van der Waals surface area contributed by atoms with Crippen molar-refractivity contribution in [3.8, 4) is 0 Å². The summed E-state index contributed by atoms with van der Waals surface area (Å²) in [6.07, 6.45) is 0. The third-order valence-corrected chi connectivity index (χ3v) is 1.21. The van der Waals surface area contributed by atoms with Crippen LogP contribution in [0.15, 0.2) is 0 Å². The summed E-state index contributed by atoms with van der Waals surface area (Å²) in [5.74, 6) is -1.26. The normalized spacial score (nSPS) is 12.3. The average molecular weight is 190 g/mol. The number of rotatable bonds is 4. The Balaban J connectivity index is 3.94. The van der Waals surface area contributed by atoms with Gasteiger partial charge in [0.25, 0.3) is 0 Å². The lowest BCUT2D eigenvalue weighted by Crippen LogP contribution is -2.49. The first kappa shape index (κ1) is 11.7. The van der Waals surface area contributed by atoms with E-state index in [9.17, 15) is 9.59 Å². The van der Waals surface area contributed by atoms with Crippen LogP contribution in [0.25, 0.3) is 0 Å². The second-order valence-corrected chi connectivity index (χ2v) is 2.85. The van der Waals surface area contributed by atoms with Crippen molar-refractivity contribution >= 4 is 12.0 Å². The van der Waals surface area contributed by atoms with Crippen LogP contribution in [0.1, 0.15) is 13.8 Å². The molecule has 0 heterocycles. The fourth-order valence-electron chi connectivity index (χ4n) is 0.648. The molecule has 6 nitrogen and oxygen atoms in total. The fraction of sp³-hybridized carbons (Fsp3) is 0.714. The molecule has 0 aliphatic rings. The molecule has 2 amide bonds. The minimum atomic E-state index is -1.26. The van der Waals surface area contributed by atoms with Crippen molar-refractivity contribution in [3.05, 3.63) is 0 Å². The summed E-state index contributed by atoms with van der Waals surface area (Å²) in [7, 11) is 0. The van der Waals surface area contributed by atoms with E-state index in [0.717, 1.165) is 0 Å². The van der Waals surface area contributed by atoms with Crippen LogP contribution < -0.4 is 10.6 Å². The smallest absolute Gasteiger partial charge is 0.328 e. The van der Waals surface area contributed by atoms with Crippen molar-refractivity contribution in [1.82, 2.24) is 10.6 Å². The molecule has 0 saturated carbocycles. The molecule has 0 bridgehead atoms. The number of carbonyl (C=O) groups is 2. The Kier molecular flexibility index (Phi) is 4.83. The van der Waals surface area contributed by atoms with Crippen molar-refractivity contribution in [2.75, 3.05) is 6.61 Å². The number of hydrogen-bond acceptors (Lipinski definition) is 3. The van der Waals surface area contributed by atoms with Crippen molar-refractivity contribution in [2.45, 2.75) is 25.9 Å². The van der Waals surface area contributed by atoms with E-state index in [1.165, 1.54) is 0 Å². The summed E-state index contributed by atoms with van der Waals surface area (Å²) in [6.45, 7) is 2.86. The minimum Gasteiger partial charge on any atom is -0.480 e. The molecule has 0 aromatic heterocycles. The van der Waals surface area contributed by atoms with E-state index >= 15 is 0 Å². The number of nitrogens with one attached hydrogen (secondary N) is 2. The molecule has 13 heavy (non-hydrogen) atoms. The van der Waals surface area contributed by atoms with Gasteiger partial charge in [0.05, 0.1) is 6.61 Å². The molecule has 6 heteroatoms. The predicted molar refractivity (Wildman–Crippen MR) is 45.3 cm³/mol. The molecule has 0 aromatic carbocycles. The second kappa shape index (κ2) is 5.36. The Hall–Kier alpha value is -1.30. The fourth-order valence-corrected chi connectivity index (χ4v) is 0.648. The molecule has 0 spiro atoms. The highest BCUT2D eigenvalue weighted by Crippen LogP contribution is 1.83. The number of hydrogen-bond donors (Lipinski definition) is 4. The molecule has 0 aliphatic carbocycles. The van der Waals surface area contributed by atoms with Gasteiger partial charge in [-0.15, -0.1) is 0 Å². The van der Waals surface area contributed by atoms with Gasteiger partial charge in [0.1, 0.15) is 0 Å². The molecular formula is C7H14N2O4. The maximum atomic E-state index is 10.9. The van der Waals surface area contributed by atoms with Gasteiger partial charge < -0.3 is 20.8 Å². The van der Waals surface area contributed by atoms with Gasteiger partial charge in [-0.1, -0.05) is 0 Å². The topological polar surface area (TPSA) is 98.7 Å². The maximum Gasteiger partial charge on any atom is 0.328 e. The van der Waals surface area contributed by atoms with Crippen LogP contribution in [0, 0.1) is 0 Å². The summed E-state index contributed by atoms with van der Waals surface area (Å²) >= 11 is 0. The lowest BCUT2D eigenvalue weighted by atomic mass is 10.3. The van der Waals surface area contributed by atoms with E-state index in [0.29, 0.717) is 0 Å². The third-order valence-electron chi connectivity index (χ3n) is 1.21. The number of carbonyl (C=O) groups excluding carboxylic acids is 1. The number of aliphatic hydroxyl groups excluding tert-OH is 1. The standard InChI is InChI=1S/C7H14N2O4/c1-4(2)8-7(13)9-5(3-10)6(11)12/h4-5,10H,3H2,1-2H3,(H,11,12)(H2,8,9,13). The Bertz CT molecular complexity index is 193. The number of carboxylic acids is 1. The van der Waals surface area contributed by atoms with Crippen LogP contribution in [-0.4, -0.2) is 40.9 Å². The highest BCUT2D eigenvalue weighted by atomic mass is 16.4. The first-order valence-corrected chi connectivity index (χ1v) is 3.88. The van der Waals surface area contributed by atoms with Crippen molar-refractivity contribution in [2.24, 2.45) is 0 Å². The third kappa shape index (κ3) is 5.02. The predicted octanol–water partition coefficient (Wildman–Crippen LogP) is -0.861. The number of amides is 2. The van der Waals surface area contributed by atoms with Gasteiger partial charge in [-0.2, -0.15) is 0 Å². The van der Waals surface area contributed by atoms with Gasteiger partial charge in [-0.25, -0.2) is 9.59 Å². The summed E-state index contributed by atoms with van der Waals surface area (Å²) < 4.78 is 0. The molecule has 0 radical (unpaired) electrons. The number of aliphatic carboxylic acids is 1. The van der Waals surface area contributed by atoms with E-state index < -0.39 is 24.6 Å². The van der Waals surface area contributed by atoms with Crippen LogP contribution in [0.3, 0.4) is 0 Å². The van der Waals surface area contributed by atoms with Crippen molar-refractivity contribution < 1.29 is 19.8 Å². The molecule has 76 valence electrons. The van der Waals surface area contributed by atoms with E-state index in [4.69, 9.17) is 10.2 Å². The first-order valence-electron chi connectivity index (χ1n) is 3.88. The van der Waals surface area contributed by atoms with Gasteiger partial charge in [-0.3, -0.25) is 0 Å². The van der Waals surface area contributed by atoms with Crippen LogP contribution >= 0.6 is 0 Å². The van der Waals surface area contributed by atoms with Crippen molar-refractivity contribution in [3.63, 3.8) is 0 Å². The first-order chi connectivity index (χ1) is 5.97. The Morgan fingerprint density at radius 1 is 1.31 bits per heavy atom. The van der Waals surface area contributed by atoms with Crippen LogP contribution in [0.5, 0.6) is 0 Å². The highest BCUT2D eigenvalue weighted by Gasteiger charge is 2.18. The van der Waals surface area contributed by atoms with Crippen LogP contribution in [0.2, 0.25) is 0 Å². The Morgan fingerprint density at radius 3 is 2.15 bits per heavy atom.